The van der Waals surface area contributed by atoms with Crippen LogP contribution in [-0.2, 0) is 32.6 Å². The van der Waals surface area contributed by atoms with Gasteiger partial charge in [0.1, 0.15) is 23.5 Å². The van der Waals surface area contributed by atoms with Crippen LogP contribution in [-0.4, -0.2) is 61.1 Å². The molecular formula is C31H32F3N9O. The number of hydrogen-bond acceptors (Lipinski definition) is 9. The van der Waals surface area contributed by atoms with Crippen LogP contribution in [0.5, 0.6) is 5.88 Å². The van der Waals surface area contributed by atoms with E-state index in [9.17, 15) is 18.4 Å². The zero-order valence-electron chi connectivity index (χ0n) is 24.7. The fourth-order valence-electron chi connectivity index (χ4n) is 5.71. The zero-order valence-corrected chi connectivity index (χ0v) is 24.7. The summed E-state index contributed by atoms with van der Waals surface area (Å²) < 4.78 is 46.5. The summed E-state index contributed by atoms with van der Waals surface area (Å²) in [6.07, 6.45) is 2.37. The molecule has 1 atom stereocenters. The van der Waals surface area contributed by atoms with Crippen LogP contribution in [0.25, 0.3) is 22.8 Å². The van der Waals surface area contributed by atoms with Gasteiger partial charge < -0.3 is 14.6 Å². The molecule has 1 N–H and O–H groups in total. The Morgan fingerprint density at radius 1 is 1.11 bits per heavy atom. The summed E-state index contributed by atoms with van der Waals surface area (Å²) in [7, 11) is 5.08. The van der Waals surface area contributed by atoms with Crippen LogP contribution < -0.4 is 10.1 Å². The summed E-state index contributed by atoms with van der Waals surface area (Å²) in [5.41, 5.74) is 4.13. The van der Waals surface area contributed by atoms with E-state index in [1.807, 2.05) is 19.2 Å². The number of likely N-dealkylation sites (N-methyl/N-ethyl adjacent to an activating group) is 1. The van der Waals surface area contributed by atoms with Gasteiger partial charge in [0.15, 0.2) is 11.5 Å². The van der Waals surface area contributed by atoms with Crippen molar-refractivity contribution in [2.75, 3.05) is 26.0 Å². The van der Waals surface area contributed by atoms with E-state index in [0.29, 0.717) is 54.1 Å². The highest BCUT2D eigenvalue weighted by atomic mass is 19.4. The average molecular weight is 604 g/mol. The molecule has 0 spiro atoms. The van der Waals surface area contributed by atoms with Crippen molar-refractivity contribution in [3.05, 3.63) is 65.0 Å². The third-order valence-electron chi connectivity index (χ3n) is 8.25. The van der Waals surface area contributed by atoms with Crippen molar-refractivity contribution in [1.82, 2.24) is 34.4 Å². The van der Waals surface area contributed by atoms with Gasteiger partial charge in [-0.2, -0.15) is 18.4 Å². The Morgan fingerprint density at radius 2 is 1.89 bits per heavy atom. The second kappa shape index (κ2) is 11.8. The number of nitrogens with zero attached hydrogens (tertiary/aromatic N) is 8. The number of imidazole rings is 1. The van der Waals surface area contributed by atoms with Crippen molar-refractivity contribution in [2.45, 2.75) is 56.8 Å². The predicted molar refractivity (Wildman–Crippen MR) is 157 cm³/mol. The second-order valence-electron chi connectivity index (χ2n) is 11.3. The van der Waals surface area contributed by atoms with Crippen molar-refractivity contribution < 1.29 is 17.9 Å². The molecule has 1 unspecified atom stereocenters. The van der Waals surface area contributed by atoms with Gasteiger partial charge in [-0.25, -0.2) is 24.9 Å². The molecular weight excluding hydrogens is 571 g/mol. The van der Waals surface area contributed by atoms with Crippen molar-refractivity contribution >= 4 is 5.82 Å². The third-order valence-corrected chi connectivity index (χ3v) is 8.25. The van der Waals surface area contributed by atoms with Crippen LogP contribution in [0.15, 0.2) is 36.8 Å². The molecule has 3 heterocycles. The molecule has 2 aliphatic rings. The lowest BCUT2D eigenvalue weighted by Gasteiger charge is -2.31. The fraction of sp³-hybridized carbons (Fsp3) is 0.419. The number of nitrogens with one attached hydrogen (secondary N) is 1. The second-order valence-corrected chi connectivity index (χ2v) is 11.3. The lowest BCUT2D eigenvalue weighted by molar-refractivity contribution is -0.140. The smallest absolute Gasteiger partial charge is 0.434 e. The van der Waals surface area contributed by atoms with Gasteiger partial charge >= 0.3 is 6.18 Å². The minimum absolute atomic E-state index is 0.174. The van der Waals surface area contributed by atoms with Crippen LogP contribution in [0.3, 0.4) is 0 Å². The number of hydrogen-bond donors (Lipinski definition) is 1. The standard InChI is InChI=1S/C31H32F3N9O/c1-42(13-12-35)21-10-11-23-22(14-21)27(41-28(39-23)25-26(19-8-9-19)37-17-38-30(25)44-3)36-15-18-4-6-20(7-5-18)29-40-24(16-43(29)2)31(32,33)34/h4-7,16-17,19,21H,8-11,13-15H2,1-3H3,(H,36,39,41). The van der Waals surface area contributed by atoms with E-state index in [-0.39, 0.29) is 11.9 Å². The van der Waals surface area contributed by atoms with Crippen molar-refractivity contribution in [3.63, 3.8) is 0 Å². The Kier molecular flexibility index (Phi) is 7.94. The summed E-state index contributed by atoms with van der Waals surface area (Å²) in [5.74, 6) is 2.21. The van der Waals surface area contributed by atoms with E-state index >= 15 is 0 Å². The average Bonchev–Trinajstić information content (AvgIpc) is 3.79. The molecule has 0 bridgehead atoms. The Labute approximate surface area is 253 Å². The van der Waals surface area contributed by atoms with Crippen molar-refractivity contribution in [3.8, 4) is 34.7 Å². The van der Waals surface area contributed by atoms with Gasteiger partial charge in [-0.05, 0) is 44.7 Å². The number of ether oxygens (including phenoxy) is 1. The molecule has 10 nitrogen and oxygen atoms in total. The van der Waals surface area contributed by atoms with E-state index in [4.69, 9.17) is 14.7 Å². The maximum absolute atomic E-state index is 13.2. The number of methoxy groups -OCH3 is 1. The van der Waals surface area contributed by atoms with Gasteiger partial charge in [-0.1, -0.05) is 24.3 Å². The fourth-order valence-corrected chi connectivity index (χ4v) is 5.71. The maximum Gasteiger partial charge on any atom is 0.434 e. The molecule has 0 aliphatic heterocycles. The molecule has 3 aromatic heterocycles. The molecule has 228 valence electrons. The van der Waals surface area contributed by atoms with E-state index < -0.39 is 11.9 Å². The predicted octanol–water partition coefficient (Wildman–Crippen LogP) is 5.16. The molecule has 1 aromatic carbocycles. The van der Waals surface area contributed by atoms with Crippen LogP contribution in [0.2, 0.25) is 0 Å². The first kappa shape index (κ1) is 29.5. The van der Waals surface area contributed by atoms with Crippen LogP contribution in [0.4, 0.5) is 19.0 Å². The molecule has 0 radical (unpaired) electrons. The number of aryl methyl sites for hydroxylation is 2. The van der Waals surface area contributed by atoms with Gasteiger partial charge in [-0.15, -0.1) is 0 Å². The summed E-state index contributed by atoms with van der Waals surface area (Å²) in [5, 5.41) is 12.8. The monoisotopic (exact) mass is 603 g/mol. The maximum atomic E-state index is 13.2. The number of alkyl halides is 3. The number of anilines is 1. The number of halogens is 3. The lowest BCUT2D eigenvalue weighted by Crippen LogP contribution is -2.37. The number of aromatic nitrogens is 6. The minimum atomic E-state index is -4.51. The highest BCUT2D eigenvalue weighted by Crippen LogP contribution is 2.45. The van der Waals surface area contributed by atoms with Crippen LogP contribution >= 0.6 is 0 Å². The number of benzene rings is 1. The Hall–Kier alpha value is -4.57. The number of rotatable bonds is 9. The van der Waals surface area contributed by atoms with E-state index in [1.54, 1.807) is 26.3 Å². The molecule has 4 aromatic rings. The highest BCUT2D eigenvalue weighted by Gasteiger charge is 2.35. The van der Waals surface area contributed by atoms with Gasteiger partial charge in [0.05, 0.1) is 25.4 Å². The molecule has 0 amide bonds. The molecule has 2 aliphatic carbocycles. The normalized spacial score (nSPS) is 16.5. The number of fused-ring (bicyclic) bond motifs is 1. The van der Waals surface area contributed by atoms with Crippen molar-refractivity contribution in [1.29, 1.82) is 5.26 Å². The van der Waals surface area contributed by atoms with Crippen molar-refractivity contribution in [2.24, 2.45) is 7.05 Å². The molecule has 1 saturated carbocycles. The zero-order chi connectivity index (χ0) is 31.0. The third kappa shape index (κ3) is 5.94. The highest BCUT2D eigenvalue weighted by molar-refractivity contribution is 5.68. The lowest BCUT2D eigenvalue weighted by atomic mass is 9.90. The van der Waals surface area contributed by atoms with Gasteiger partial charge in [0.2, 0.25) is 5.88 Å². The first-order valence-corrected chi connectivity index (χ1v) is 14.5. The van der Waals surface area contributed by atoms with E-state index in [2.05, 4.69) is 31.2 Å². The first-order valence-electron chi connectivity index (χ1n) is 14.5. The van der Waals surface area contributed by atoms with Crippen LogP contribution in [0.1, 0.15) is 53.4 Å². The molecule has 44 heavy (non-hydrogen) atoms. The van der Waals surface area contributed by atoms with Gasteiger partial charge in [-0.3, -0.25) is 4.90 Å². The van der Waals surface area contributed by atoms with Gasteiger partial charge in [0.25, 0.3) is 0 Å². The summed E-state index contributed by atoms with van der Waals surface area (Å²) in [6, 6.07) is 9.66. The molecule has 1 fully saturated rings. The summed E-state index contributed by atoms with van der Waals surface area (Å²) in [4.78, 5) is 24.8. The Balaban J connectivity index is 1.32. The van der Waals surface area contributed by atoms with Crippen LogP contribution in [0, 0.1) is 11.3 Å². The molecule has 0 saturated heterocycles. The summed E-state index contributed by atoms with van der Waals surface area (Å²) >= 11 is 0. The number of nitriles is 1. The summed E-state index contributed by atoms with van der Waals surface area (Å²) in [6.45, 7) is 0.756. The first-order chi connectivity index (χ1) is 21.2. The largest absolute Gasteiger partial charge is 0.480 e. The topological polar surface area (TPSA) is 118 Å². The van der Waals surface area contributed by atoms with E-state index in [0.717, 1.165) is 54.4 Å². The van der Waals surface area contributed by atoms with E-state index in [1.165, 1.54) is 10.9 Å². The molecule has 13 heteroatoms. The molecule has 6 rings (SSSR count). The Bertz CT molecular complexity index is 1710. The quantitative estimate of drug-likeness (QED) is 0.259. The van der Waals surface area contributed by atoms with Gasteiger partial charge in [0, 0.05) is 48.6 Å². The SMILES string of the molecule is COc1ncnc(C2CC2)c1-c1nc2c(c(NCc3ccc(-c4nc(C(F)(F)F)cn4C)cc3)n1)CC(N(C)CC#N)CC2. The Morgan fingerprint density at radius 3 is 2.55 bits per heavy atom. The minimum Gasteiger partial charge on any atom is -0.480 e.